The Morgan fingerprint density at radius 2 is 2.07 bits per heavy atom. The summed E-state index contributed by atoms with van der Waals surface area (Å²) in [5.41, 5.74) is 2.54. The van der Waals surface area contributed by atoms with Gasteiger partial charge in [-0.1, -0.05) is 23.8 Å². The van der Waals surface area contributed by atoms with Crippen LogP contribution in [0.1, 0.15) is 23.7 Å². The van der Waals surface area contributed by atoms with Gasteiger partial charge in [0.05, 0.1) is 0 Å². The predicted octanol–water partition coefficient (Wildman–Crippen LogP) is 0.603. The number of benzene rings is 1. The summed E-state index contributed by atoms with van der Waals surface area (Å²) in [6, 6.07) is 8.34. The van der Waals surface area contributed by atoms with E-state index in [1.807, 2.05) is 6.92 Å². The average Bonchev–Trinajstić information content (AvgIpc) is 2.99. The Morgan fingerprint density at radius 3 is 2.70 bits per heavy atom. The van der Waals surface area contributed by atoms with E-state index >= 15 is 0 Å². The molecule has 0 bridgehead atoms. The van der Waals surface area contributed by atoms with Crippen molar-refractivity contribution in [1.82, 2.24) is 15.9 Å². The first-order chi connectivity index (χ1) is 13.0. The van der Waals surface area contributed by atoms with Crippen molar-refractivity contribution in [2.24, 2.45) is 4.99 Å². The van der Waals surface area contributed by atoms with Crippen LogP contribution in [0.4, 0.5) is 0 Å². The Hall–Kier alpha value is -3.04. The first-order valence-corrected chi connectivity index (χ1v) is 8.49. The molecule has 0 unspecified atom stereocenters. The lowest BCUT2D eigenvalue weighted by atomic mass is 10.2. The van der Waals surface area contributed by atoms with Crippen molar-refractivity contribution in [3.63, 3.8) is 0 Å². The molecule has 1 fully saturated rings. The SMILES string of the molecule is CCOCCCNC(=O)C(/C=C1/C(=O)ONN1C)=NC(=O)c1ccccc1. The number of ether oxygens (including phenoxy) is 1. The van der Waals surface area contributed by atoms with Gasteiger partial charge in [0, 0.05) is 38.4 Å². The van der Waals surface area contributed by atoms with Crippen LogP contribution in [0.25, 0.3) is 0 Å². The number of nitrogens with one attached hydrogen (secondary N) is 2. The van der Waals surface area contributed by atoms with E-state index in [1.165, 1.54) is 18.1 Å². The fourth-order valence-electron chi connectivity index (χ4n) is 2.15. The Kier molecular flexibility index (Phi) is 7.65. The molecule has 0 aliphatic carbocycles. The van der Waals surface area contributed by atoms with Gasteiger partial charge in [-0.25, -0.2) is 9.79 Å². The molecule has 1 aliphatic heterocycles. The molecule has 0 radical (unpaired) electrons. The largest absolute Gasteiger partial charge is 0.382 e. The zero-order valence-corrected chi connectivity index (χ0v) is 15.2. The zero-order chi connectivity index (χ0) is 19.6. The standard InChI is InChI=1S/C18H22N4O5/c1-3-26-11-7-10-19-17(24)14(12-15-18(25)27-21-22(15)2)20-16(23)13-8-5-4-6-9-13/h4-6,8-9,12,21H,3,7,10-11H2,1-2H3,(H,19,24)/b15-12-,20-14?. The summed E-state index contributed by atoms with van der Waals surface area (Å²) in [7, 11) is 1.54. The fraction of sp³-hybridized carbons (Fsp3) is 0.333. The lowest BCUT2D eigenvalue weighted by molar-refractivity contribution is -0.142. The Labute approximate surface area is 157 Å². The molecule has 2 rings (SSSR count). The second-order valence-corrected chi connectivity index (χ2v) is 5.54. The number of carbonyl (C=O) groups excluding carboxylic acids is 3. The minimum Gasteiger partial charge on any atom is -0.382 e. The highest BCUT2D eigenvalue weighted by Gasteiger charge is 2.26. The van der Waals surface area contributed by atoms with Crippen molar-refractivity contribution in [3.05, 3.63) is 47.7 Å². The number of rotatable bonds is 8. The van der Waals surface area contributed by atoms with Crippen LogP contribution in [0.5, 0.6) is 0 Å². The van der Waals surface area contributed by atoms with E-state index in [0.717, 1.165) is 0 Å². The third-order valence-electron chi connectivity index (χ3n) is 3.55. The van der Waals surface area contributed by atoms with Crippen LogP contribution < -0.4 is 10.9 Å². The van der Waals surface area contributed by atoms with Crippen molar-refractivity contribution in [1.29, 1.82) is 0 Å². The molecule has 1 saturated heterocycles. The van der Waals surface area contributed by atoms with Crippen molar-refractivity contribution >= 4 is 23.5 Å². The molecule has 144 valence electrons. The number of nitrogens with zero attached hydrogens (tertiary/aromatic N) is 2. The Bertz CT molecular complexity index is 745. The van der Waals surface area contributed by atoms with E-state index < -0.39 is 17.8 Å². The number of hydrogen-bond acceptors (Lipinski definition) is 7. The molecule has 0 atom stereocenters. The highest BCUT2D eigenvalue weighted by Crippen LogP contribution is 2.09. The molecule has 1 heterocycles. The van der Waals surface area contributed by atoms with Gasteiger partial charge in [-0.05, 0) is 25.5 Å². The molecule has 9 nitrogen and oxygen atoms in total. The summed E-state index contributed by atoms with van der Waals surface area (Å²) in [5.74, 6) is -1.84. The van der Waals surface area contributed by atoms with Gasteiger partial charge >= 0.3 is 5.97 Å². The van der Waals surface area contributed by atoms with E-state index in [2.05, 4.69) is 20.7 Å². The number of amides is 2. The van der Waals surface area contributed by atoms with Crippen LogP contribution in [0.3, 0.4) is 0 Å². The first kappa shape index (κ1) is 20.3. The second kappa shape index (κ2) is 10.2. The summed E-state index contributed by atoms with van der Waals surface area (Å²) < 4.78 is 5.21. The highest BCUT2D eigenvalue weighted by atomic mass is 16.7. The van der Waals surface area contributed by atoms with Crippen LogP contribution in [0.15, 0.2) is 47.1 Å². The van der Waals surface area contributed by atoms with Crippen molar-refractivity contribution in [2.45, 2.75) is 13.3 Å². The van der Waals surface area contributed by atoms with Crippen LogP contribution in [0.2, 0.25) is 0 Å². The monoisotopic (exact) mass is 374 g/mol. The van der Waals surface area contributed by atoms with Gasteiger partial charge < -0.3 is 14.9 Å². The number of hydrazine groups is 1. The molecule has 1 aromatic carbocycles. The molecular weight excluding hydrogens is 352 g/mol. The molecule has 2 amide bonds. The zero-order valence-electron chi connectivity index (χ0n) is 15.2. The molecular formula is C18H22N4O5. The third-order valence-corrected chi connectivity index (χ3v) is 3.55. The van der Waals surface area contributed by atoms with Crippen LogP contribution >= 0.6 is 0 Å². The van der Waals surface area contributed by atoms with Gasteiger partial charge in [0.2, 0.25) is 0 Å². The topological polar surface area (TPSA) is 109 Å². The quantitative estimate of drug-likeness (QED) is 0.390. The summed E-state index contributed by atoms with van der Waals surface area (Å²) in [5, 5.41) is 3.95. The van der Waals surface area contributed by atoms with E-state index in [-0.39, 0.29) is 11.4 Å². The molecule has 0 saturated carbocycles. The van der Waals surface area contributed by atoms with Gasteiger partial charge in [-0.3, -0.25) is 14.6 Å². The minimum atomic E-state index is -0.679. The molecule has 0 spiro atoms. The molecule has 9 heteroatoms. The fourth-order valence-corrected chi connectivity index (χ4v) is 2.15. The van der Waals surface area contributed by atoms with Crippen molar-refractivity contribution in [3.8, 4) is 0 Å². The molecule has 1 aromatic rings. The maximum absolute atomic E-state index is 12.5. The van der Waals surface area contributed by atoms with Gasteiger partial charge in [0.15, 0.2) is 0 Å². The van der Waals surface area contributed by atoms with Crippen LogP contribution in [0, 0.1) is 0 Å². The van der Waals surface area contributed by atoms with Gasteiger partial charge in [-0.15, -0.1) is 0 Å². The molecule has 2 N–H and O–H groups in total. The Morgan fingerprint density at radius 1 is 1.33 bits per heavy atom. The van der Waals surface area contributed by atoms with Gasteiger partial charge in [0.25, 0.3) is 11.8 Å². The van der Waals surface area contributed by atoms with Gasteiger partial charge in [-0.2, -0.15) is 0 Å². The van der Waals surface area contributed by atoms with E-state index in [4.69, 9.17) is 4.74 Å². The third kappa shape index (κ3) is 6.01. The molecule has 1 aliphatic rings. The lowest BCUT2D eigenvalue weighted by Gasteiger charge is -2.09. The predicted molar refractivity (Wildman–Crippen MR) is 97.4 cm³/mol. The van der Waals surface area contributed by atoms with Gasteiger partial charge in [0.1, 0.15) is 11.4 Å². The highest BCUT2D eigenvalue weighted by molar-refractivity contribution is 6.45. The molecule has 27 heavy (non-hydrogen) atoms. The van der Waals surface area contributed by atoms with E-state index in [9.17, 15) is 14.4 Å². The number of aliphatic imine (C=N–C) groups is 1. The number of hydrogen-bond donors (Lipinski definition) is 2. The maximum Gasteiger partial charge on any atom is 0.376 e. The minimum absolute atomic E-state index is 0.0547. The number of likely N-dealkylation sites (N-methyl/N-ethyl adjacent to an activating group) is 1. The summed E-state index contributed by atoms with van der Waals surface area (Å²) in [6.45, 7) is 3.33. The normalized spacial score (nSPS) is 15.8. The lowest BCUT2D eigenvalue weighted by Crippen LogP contribution is -2.33. The summed E-state index contributed by atoms with van der Waals surface area (Å²) >= 11 is 0. The van der Waals surface area contributed by atoms with E-state index in [0.29, 0.717) is 31.7 Å². The first-order valence-electron chi connectivity index (χ1n) is 8.49. The smallest absolute Gasteiger partial charge is 0.376 e. The summed E-state index contributed by atoms with van der Waals surface area (Å²) in [4.78, 5) is 45.1. The molecule has 0 aromatic heterocycles. The number of carbonyl (C=O) groups is 3. The summed E-state index contributed by atoms with van der Waals surface area (Å²) in [6.07, 6.45) is 1.82. The van der Waals surface area contributed by atoms with Crippen LogP contribution in [-0.4, -0.2) is 55.3 Å². The second-order valence-electron chi connectivity index (χ2n) is 5.54. The Balaban J connectivity index is 2.19. The van der Waals surface area contributed by atoms with Crippen molar-refractivity contribution in [2.75, 3.05) is 26.8 Å². The van der Waals surface area contributed by atoms with Crippen LogP contribution in [-0.2, 0) is 19.2 Å². The average molecular weight is 374 g/mol. The van der Waals surface area contributed by atoms with E-state index in [1.54, 1.807) is 30.3 Å². The van der Waals surface area contributed by atoms with Crippen molar-refractivity contribution < 1.29 is 24.0 Å². The maximum atomic E-state index is 12.5.